The Morgan fingerprint density at radius 2 is 1.20 bits per heavy atom. The van der Waals surface area contributed by atoms with E-state index >= 15 is 0 Å². The molecule has 0 aliphatic carbocycles. The second kappa shape index (κ2) is 8.60. The quantitative estimate of drug-likeness (QED) is 0.501. The lowest BCUT2D eigenvalue weighted by Gasteiger charge is -2.09. The fourth-order valence-electron chi connectivity index (χ4n) is 2.23. The Hall–Kier alpha value is -3.20. The van der Waals surface area contributed by atoms with Crippen molar-refractivity contribution >= 4 is 0 Å². The van der Waals surface area contributed by atoms with Gasteiger partial charge < -0.3 is 14.2 Å². The molecule has 0 saturated carbocycles. The van der Waals surface area contributed by atoms with Gasteiger partial charge in [0.25, 0.3) is 0 Å². The molecule has 126 valence electrons. The molecule has 0 heterocycles. The fraction of sp³-hybridized carbons (Fsp3) is 0.0909. The molecule has 3 aromatic rings. The minimum atomic E-state index is 0.501. The van der Waals surface area contributed by atoms with E-state index in [1.165, 1.54) is 0 Å². The molecule has 0 amide bonds. The Bertz CT molecular complexity index is 778. The summed E-state index contributed by atoms with van der Waals surface area (Å²) in [5.74, 6) is 3.22. The molecule has 0 N–H and O–H groups in total. The highest BCUT2D eigenvalue weighted by atomic mass is 16.5. The van der Waals surface area contributed by atoms with Crippen molar-refractivity contribution in [3.8, 4) is 23.0 Å². The summed E-state index contributed by atoms with van der Waals surface area (Å²) in [5.41, 5.74) is 1.08. The first-order valence-corrected chi connectivity index (χ1v) is 8.12. The number of rotatable bonds is 8. The molecule has 0 unspecified atom stereocenters. The summed E-state index contributed by atoms with van der Waals surface area (Å²) in [6.45, 7) is 4.64. The number of ether oxygens (including phenoxy) is 3. The van der Waals surface area contributed by atoms with Crippen LogP contribution in [-0.4, -0.2) is 6.61 Å². The highest BCUT2D eigenvalue weighted by Crippen LogP contribution is 2.24. The molecule has 0 radical (unpaired) electrons. The normalized spacial score (nSPS) is 10.1. The maximum atomic E-state index is 5.81. The van der Waals surface area contributed by atoms with Crippen LogP contribution >= 0.6 is 0 Å². The molecule has 0 spiro atoms. The third-order valence-electron chi connectivity index (χ3n) is 3.50. The van der Waals surface area contributed by atoms with Gasteiger partial charge in [-0.3, -0.25) is 0 Å². The molecular weight excluding hydrogens is 312 g/mol. The van der Waals surface area contributed by atoms with Crippen molar-refractivity contribution in [1.82, 2.24) is 0 Å². The van der Waals surface area contributed by atoms with Gasteiger partial charge in [0.05, 0.1) is 0 Å². The standard InChI is InChI=1S/C22H20O3/c1-2-16-23-19-10-8-18(9-11-19)17-24-20-12-14-22(15-13-20)25-21-6-4-3-5-7-21/h2-15H,1,16-17H2. The second-order valence-corrected chi connectivity index (χ2v) is 5.42. The Morgan fingerprint density at radius 3 is 1.88 bits per heavy atom. The van der Waals surface area contributed by atoms with Crippen molar-refractivity contribution in [3.63, 3.8) is 0 Å². The molecule has 0 aliphatic rings. The van der Waals surface area contributed by atoms with Crippen molar-refractivity contribution in [1.29, 1.82) is 0 Å². The first-order chi connectivity index (χ1) is 12.3. The highest BCUT2D eigenvalue weighted by Gasteiger charge is 2.00. The molecule has 0 bridgehead atoms. The van der Waals surface area contributed by atoms with Crippen LogP contribution < -0.4 is 14.2 Å². The molecule has 0 saturated heterocycles. The maximum absolute atomic E-state index is 5.81. The summed E-state index contributed by atoms with van der Waals surface area (Å²) in [5, 5.41) is 0. The maximum Gasteiger partial charge on any atom is 0.127 e. The van der Waals surface area contributed by atoms with E-state index in [0.29, 0.717) is 13.2 Å². The number of hydrogen-bond donors (Lipinski definition) is 0. The molecule has 3 aromatic carbocycles. The predicted octanol–water partition coefficient (Wildman–Crippen LogP) is 5.62. The van der Waals surface area contributed by atoms with Crippen molar-refractivity contribution in [2.24, 2.45) is 0 Å². The van der Waals surface area contributed by atoms with Crippen LogP contribution in [0.25, 0.3) is 0 Å². The minimum absolute atomic E-state index is 0.501. The van der Waals surface area contributed by atoms with Gasteiger partial charge in [0.1, 0.15) is 36.2 Å². The largest absolute Gasteiger partial charge is 0.490 e. The number of hydrogen-bond acceptors (Lipinski definition) is 3. The van der Waals surface area contributed by atoms with Gasteiger partial charge in [-0.2, -0.15) is 0 Å². The molecule has 0 aromatic heterocycles. The first kappa shape index (κ1) is 16.7. The highest BCUT2D eigenvalue weighted by molar-refractivity contribution is 5.35. The van der Waals surface area contributed by atoms with E-state index in [9.17, 15) is 0 Å². The van der Waals surface area contributed by atoms with Crippen LogP contribution in [0.15, 0.2) is 91.5 Å². The Kier molecular flexibility index (Phi) is 5.73. The zero-order chi connectivity index (χ0) is 17.3. The number of para-hydroxylation sites is 1. The Balaban J connectivity index is 1.52. The fourth-order valence-corrected chi connectivity index (χ4v) is 2.23. The SMILES string of the molecule is C=CCOc1ccc(COc2ccc(Oc3ccccc3)cc2)cc1. The van der Waals surface area contributed by atoms with Crippen LogP contribution in [0, 0.1) is 0 Å². The van der Waals surface area contributed by atoms with E-state index in [-0.39, 0.29) is 0 Å². The van der Waals surface area contributed by atoms with Crippen LogP contribution in [0.4, 0.5) is 0 Å². The van der Waals surface area contributed by atoms with E-state index in [4.69, 9.17) is 14.2 Å². The van der Waals surface area contributed by atoms with Crippen LogP contribution in [0.2, 0.25) is 0 Å². The average molecular weight is 332 g/mol. The second-order valence-electron chi connectivity index (χ2n) is 5.42. The van der Waals surface area contributed by atoms with Crippen LogP contribution in [0.3, 0.4) is 0 Å². The van der Waals surface area contributed by atoms with E-state index in [1.807, 2.05) is 78.9 Å². The van der Waals surface area contributed by atoms with Gasteiger partial charge in [-0.25, -0.2) is 0 Å². The summed E-state index contributed by atoms with van der Waals surface area (Å²) in [6.07, 6.45) is 1.72. The monoisotopic (exact) mass is 332 g/mol. The molecule has 0 aliphatic heterocycles. The third kappa shape index (κ3) is 5.15. The van der Waals surface area contributed by atoms with Crippen LogP contribution in [0.5, 0.6) is 23.0 Å². The van der Waals surface area contributed by atoms with Crippen molar-refractivity contribution < 1.29 is 14.2 Å². The smallest absolute Gasteiger partial charge is 0.127 e. The summed E-state index contributed by atoms with van der Waals surface area (Å²) < 4.78 is 17.0. The summed E-state index contributed by atoms with van der Waals surface area (Å²) in [7, 11) is 0. The lowest BCUT2D eigenvalue weighted by molar-refractivity contribution is 0.305. The van der Waals surface area contributed by atoms with E-state index < -0.39 is 0 Å². The zero-order valence-electron chi connectivity index (χ0n) is 13.9. The third-order valence-corrected chi connectivity index (χ3v) is 3.50. The van der Waals surface area contributed by atoms with Crippen molar-refractivity contribution in [3.05, 3.63) is 97.1 Å². The Morgan fingerprint density at radius 1 is 0.640 bits per heavy atom. The first-order valence-electron chi connectivity index (χ1n) is 8.12. The minimum Gasteiger partial charge on any atom is -0.490 e. The molecule has 0 atom stereocenters. The van der Waals surface area contributed by atoms with Crippen molar-refractivity contribution in [2.45, 2.75) is 6.61 Å². The Labute approximate surface area is 148 Å². The van der Waals surface area contributed by atoms with E-state index in [0.717, 1.165) is 28.6 Å². The van der Waals surface area contributed by atoms with Crippen LogP contribution in [-0.2, 0) is 6.61 Å². The van der Waals surface area contributed by atoms with Crippen molar-refractivity contribution in [2.75, 3.05) is 6.61 Å². The molecule has 3 rings (SSSR count). The predicted molar refractivity (Wildman–Crippen MR) is 99.4 cm³/mol. The van der Waals surface area contributed by atoms with Gasteiger partial charge in [0, 0.05) is 0 Å². The molecule has 25 heavy (non-hydrogen) atoms. The molecule has 0 fully saturated rings. The summed E-state index contributed by atoms with van der Waals surface area (Å²) >= 11 is 0. The zero-order valence-corrected chi connectivity index (χ0v) is 13.9. The van der Waals surface area contributed by atoms with E-state index in [1.54, 1.807) is 6.08 Å². The molecule has 3 heteroatoms. The molecular formula is C22H20O3. The van der Waals surface area contributed by atoms with Gasteiger partial charge in [-0.15, -0.1) is 0 Å². The van der Waals surface area contributed by atoms with Gasteiger partial charge in [-0.1, -0.05) is 43.0 Å². The van der Waals surface area contributed by atoms with Gasteiger partial charge in [-0.05, 0) is 54.1 Å². The van der Waals surface area contributed by atoms with Gasteiger partial charge in [0.15, 0.2) is 0 Å². The lowest BCUT2D eigenvalue weighted by atomic mass is 10.2. The van der Waals surface area contributed by atoms with Crippen LogP contribution in [0.1, 0.15) is 5.56 Å². The van der Waals surface area contributed by atoms with E-state index in [2.05, 4.69) is 6.58 Å². The lowest BCUT2D eigenvalue weighted by Crippen LogP contribution is -1.96. The van der Waals surface area contributed by atoms with Gasteiger partial charge >= 0.3 is 0 Å². The van der Waals surface area contributed by atoms with Gasteiger partial charge in [0.2, 0.25) is 0 Å². The topological polar surface area (TPSA) is 27.7 Å². The number of benzene rings is 3. The summed E-state index contributed by atoms with van der Waals surface area (Å²) in [4.78, 5) is 0. The average Bonchev–Trinajstić information content (AvgIpc) is 2.67. The molecule has 3 nitrogen and oxygen atoms in total. The summed E-state index contributed by atoms with van der Waals surface area (Å²) in [6, 6.07) is 25.1.